The van der Waals surface area contributed by atoms with E-state index in [1.54, 1.807) is 12.5 Å². The first-order chi connectivity index (χ1) is 13.1. The van der Waals surface area contributed by atoms with Gasteiger partial charge in [-0.25, -0.2) is 19.9 Å². The van der Waals surface area contributed by atoms with E-state index in [1.807, 2.05) is 23.8 Å². The topological polar surface area (TPSA) is 96.2 Å². The van der Waals surface area contributed by atoms with Crippen molar-refractivity contribution in [3.8, 4) is 12.3 Å². The number of nitrogens with one attached hydrogen (secondary N) is 1. The Labute approximate surface area is 158 Å². The second-order valence-electron chi connectivity index (χ2n) is 6.69. The number of imidazole rings is 1. The number of fused-ring (bicyclic) bond motifs is 2. The molecule has 3 aromatic heterocycles. The Morgan fingerprint density at radius 1 is 1.22 bits per heavy atom. The number of hydrogen-bond donors (Lipinski definition) is 1. The molecule has 4 atom stereocenters. The van der Waals surface area contributed by atoms with Gasteiger partial charge in [-0.15, -0.1) is 17.8 Å². The fraction of sp³-hybridized carbons (Fsp3) is 0.412. The van der Waals surface area contributed by atoms with Gasteiger partial charge in [0.15, 0.2) is 34.1 Å². The lowest BCUT2D eigenvalue weighted by molar-refractivity contribution is -0.190. The van der Waals surface area contributed by atoms with Crippen molar-refractivity contribution in [2.45, 2.75) is 44.2 Å². The summed E-state index contributed by atoms with van der Waals surface area (Å²) in [5.41, 5.74) is 1.22. The molecule has 0 aromatic carbocycles. The van der Waals surface area contributed by atoms with Crippen molar-refractivity contribution in [2.24, 2.45) is 0 Å². The summed E-state index contributed by atoms with van der Waals surface area (Å²) in [4.78, 5) is 17.3. The summed E-state index contributed by atoms with van der Waals surface area (Å²) in [6.07, 6.45) is 8.77. The van der Waals surface area contributed by atoms with Gasteiger partial charge in [-0.05, 0) is 13.8 Å². The summed E-state index contributed by atoms with van der Waals surface area (Å²) in [5, 5.41) is 5.77. The van der Waals surface area contributed by atoms with Crippen LogP contribution in [0.1, 0.15) is 20.1 Å². The molecular formula is C17H16N6O3S. The maximum absolute atomic E-state index is 6.05. The molecule has 2 fully saturated rings. The number of ether oxygens (including phenoxy) is 3. The average molecular weight is 384 g/mol. The van der Waals surface area contributed by atoms with Crippen LogP contribution in [0.4, 0.5) is 10.9 Å². The summed E-state index contributed by atoms with van der Waals surface area (Å²) in [6.45, 7) is 3.72. The molecule has 0 radical (unpaired) electrons. The van der Waals surface area contributed by atoms with Crippen molar-refractivity contribution in [2.75, 3.05) is 5.32 Å². The minimum Gasteiger partial charge on any atom is -0.341 e. The molecule has 27 heavy (non-hydrogen) atoms. The number of anilines is 2. The molecule has 10 heteroatoms. The Morgan fingerprint density at radius 2 is 2.07 bits per heavy atom. The SMILES string of the molecule is C#CC1OC(n2cnc3c(Nc4nccs4)ncnc32)C2OC(C)(C)OC12. The molecule has 0 saturated carbocycles. The molecule has 4 unspecified atom stereocenters. The van der Waals surface area contributed by atoms with Crippen molar-refractivity contribution in [3.63, 3.8) is 0 Å². The highest BCUT2D eigenvalue weighted by molar-refractivity contribution is 7.13. The van der Waals surface area contributed by atoms with Crippen LogP contribution in [0.5, 0.6) is 0 Å². The summed E-state index contributed by atoms with van der Waals surface area (Å²) < 4.78 is 19.8. The predicted molar refractivity (Wildman–Crippen MR) is 97.3 cm³/mol. The number of terminal acetylenes is 1. The van der Waals surface area contributed by atoms with Crippen LogP contribution in [0.3, 0.4) is 0 Å². The number of hydrogen-bond acceptors (Lipinski definition) is 9. The smallest absolute Gasteiger partial charge is 0.188 e. The van der Waals surface area contributed by atoms with Crippen molar-refractivity contribution >= 4 is 33.5 Å². The lowest BCUT2D eigenvalue weighted by Gasteiger charge is -2.23. The Balaban J connectivity index is 1.53. The van der Waals surface area contributed by atoms with Crippen LogP contribution in [-0.4, -0.2) is 48.6 Å². The third kappa shape index (κ3) is 2.67. The lowest BCUT2D eigenvalue weighted by Crippen LogP contribution is -2.28. The van der Waals surface area contributed by atoms with E-state index in [2.05, 4.69) is 31.2 Å². The molecule has 2 aliphatic heterocycles. The van der Waals surface area contributed by atoms with E-state index in [4.69, 9.17) is 20.6 Å². The van der Waals surface area contributed by atoms with Crippen molar-refractivity contribution in [1.82, 2.24) is 24.5 Å². The molecule has 0 aliphatic carbocycles. The van der Waals surface area contributed by atoms with Gasteiger partial charge in [-0.3, -0.25) is 4.57 Å². The maximum atomic E-state index is 6.05. The van der Waals surface area contributed by atoms with Crippen LogP contribution in [0.15, 0.2) is 24.2 Å². The van der Waals surface area contributed by atoms with Gasteiger partial charge in [0.2, 0.25) is 0 Å². The zero-order chi connectivity index (χ0) is 18.6. The molecule has 0 spiro atoms. The van der Waals surface area contributed by atoms with Gasteiger partial charge in [0.1, 0.15) is 24.6 Å². The van der Waals surface area contributed by atoms with E-state index in [1.165, 1.54) is 17.7 Å². The minimum absolute atomic E-state index is 0.345. The quantitative estimate of drug-likeness (QED) is 0.686. The van der Waals surface area contributed by atoms with Gasteiger partial charge in [-0.1, -0.05) is 5.92 Å². The van der Waals surface area contributed by atoms with E-state index in [0.717, 1.165) is 5.13 Å². The third-order valence-corrected chi connectivity index (χ3v) is 5.17. The van der Waals surface area contributed by atoms with E-state index < -0.39 is 18.1 Å². The van der Waals surface area contributed by atoms with E-state index in [-0.39, 0.29) is 12.2 Å². The van der Waals surface area contributed by atoms with Crippen LogP contribution in [-0.2, 0) is 14.2 Å². The summed E-state index contributed by atoms with van der Waals surface area (Å²) in [5.74, 6) is 2.48. The number of aromatic nitrogens is 5. The molecule has 0 bridgehead atoms. The normalized spacial score (nSPS) is 28.9. The molecule has 0 amide bonds. The number of rotatable bonds is 3. The molecule has 5 heterocycles. The molecular weight excluding hydrogens is 368 g/mol. The molecule has 3 aromatic rings. The van der Waals surface area contributed by atoms with Crippen LogP contribution in [0, 0.1) is 12.3 Å². The number of nitrogens with zero attached hydrogens (tertiary/aromatic N) is 5. The Morgan fingerprint density at radius 3 is 2.85 bits per heavy atom. The molecule has 5 rings (SSSR count). The monoisotopic (exact) mass is 384 g/mol. The third-order valence-electron chi connectivity index (χ3n) is 4.48. The second kappa shape index (κ2) is 5.97. The molecule has 2 saturated heterocycles. The highest BCUT2D eigenvalue weighted by Crippen LogP contribution is 2.43. The van der Waals surface area contributed by atoms with Crippen LogP contribution in [0.25, 0.3) is 11.2 Å². The van der Waals surface area contributed by atoms with Gasteiger partial charge in [0.05, 0.1) is 6.33 Å². The van der Waals surface area contributed by atoms with Crippen LogP contribution >= 0.6 is 11.3 Å². The average Bonchev–Trinajstić information content (AvgIpc) is 3.38. The highest BCUT2D eigenvalue weighted by atomic mass is 32.1. The van der Waals surface area contributed by atoms with Crippen molar-refractivity contribution < 1.29 is 14.2 Å². The standard InChI is InChI=1S/C17H16N6O3S/c1-4-9-11-12(26-17(2,3)25-11)15(24-9)23-8-21-10-13(19-7-20-14(10)23)22-16-18-5-6-27-16/h1,5-9,11-12,15H,2-3H3,(H,18,19,20,22). The van der Waals surface area contributed by atoms with E-state index >= 15 is 0 Å². The second-order valence-corrected chi connectivity index (χ2v) is 7.58. The summed E-state index contributed by atoms with van der Waals surface area (Å²) >= 11 is 1.47. The van der Waals surface area contributed by atoms with Crippen LogP contribution < -0.4 is 5.32 Å². The van der Waals surface area contributed by atoms with E-state index in [0.29, 0.717) is 17.0 Å². The molecule has 2 aliphatic rings. The first-order valence-electron chi connectivity index (χ1n) is 8.37. The fourth-order valence-electron chi connectivity index (χ4n) is 3.45. The van der Waals surface area contributed by atoms with Gasteiger partial charge < -0.3 is 19.5 Å². The molecule has 1 N–H and O–H groups in total. The minimum atomic E-state index is -0.727. The Hall–Kier alpha value is -2.58. The highest BCUT2D eigenvalue weighted by Gasteiger charge is 2.55. The molecule has 138 valence electrons. The largest absolute Gasteiger partial charge is 0.341 e. The maximum Gasteiger partial charge on any atom is 0.188 e. The van der Waals surface area contributed by atoms with Crippen molar-refractivity contribution in [3.05, 3.63) is 24.2 Å². The predicted octanol–water partition coefficient (Wildman–Crippen LogP) is 2.08. The van der Waals surface area contributed by atoms with Gasteiger partial charge in [0, 0.05) is 11.6 Å². The van der Waals surface area contributed by atoms with Crippen LogP contribution in [0.2, 0.25) is 0 Å². The Bertz CT molecular complexity index is 1030. The molecule has 9 nitrogen and oxygen atoms in total. The zero-order valence-corrected chi connectivity index (χ0v) is 15.4. The van der Waals surface area contributed by atoms with Gasteiger partial charge >= 0.3 is 0 Å². The van der Waals surface area contributed by atoms with Gasteiger partial charge in [0.25, 0.3) is 0 Å². The Kier molecular flexibility index (Phi) is 3.66. The fourth-order valence-corrected chi connectivity index (χ4v) is 3.98. The zero-order valence-electron chi connectivity index (χ0n) is 14.6. The lowest BCUT2D eigenvalue weighted by atomic mass is 10.1. The summed E-state index contributed by atoms with van der Waals surface area (Å²) in [6, 6.07) is 0. The van der Waals surface area contributed by atoms with E-state index in [9.17, 15) is 0 Å². The first kappa shape index (κ1) is 16.6. The van der Waals surface area contributed by atoms with Crippen molar-refractivity contribution in [1.29, 1.82) is 0 Å². The first-order valence-corrected chi connectivity index (χ1v) is 9.25. The summed E-state index contributed by atoms with van der Waals surface area (Å²) in [7, 11) is 0. The number of thiazole rings is 1. The van der Waals surface area contributed by atoms with Gasteiger partial charge in [-0.2, -0.15) is 0 Å².